The summed E-state index contributed by atoms with van der Waals surface area (Å²) in [6.45, 7) is 2.09. The smallest absolute Gasteiger partial charge is 0.338 e. The third-order valence-electron chi connectivity index (χ3n) is 3.10. The fourth-order valence-electron chi connectivity index (χ4n) is 1.88. The predicted molar refractivity (Wildman–Crippen MR) is 84.1 cm³/mol. The van der Waals surface area contributed by atoms with E-state index < -0.39 is 38.3 Å². The first-order valence-corrected chi connectivity index (χ1v) is 8.68. The highest BCUT2D eigenvalue weighted by atomic mass is 32.2. The molecule has 0 bridgehead atoms. The Morgan fingerprint density at radius 1 is 1.04 bits per heavy atom. The molecule has 9 heteroatoms. The summed E-state index contributed by atoms with van der Waals surface area (Å²) in [5.74, 6) is -5.75. The van der Waals surface area contributed by atoms with Crippen molar-refractivity contribution in [1.29, 1.82) is 0 Å². The van der Waals surface area contributed by atoms with E-state index in [9.17, 15) is 26.4 Å². The SMILES string of the molecule is CCCOC(=O)c1ccc(NS(=O)(=O)c2ccc(F)c(F)c2F)cc1. The van der Waals surface area contributed by atoms with Crippen LogP contribution in [-0.2, 0) is 14.8 Å². The summed E-state index contributed by atoms with van der Waals surface area (Å²) >= 11 is 0. The monoisotopic (exact) mass is 373 g/mol. The van der Waals surface area contributed by atoms with E-state index in [4.69, 9.17) is 4.74 Å². The molecule has 0 atom stereocenters. The molecule has 0 saturated carbocycles. The molecule has 0 unspecified atom stereocenters. The second-order valence-electron chi connectivity index (χ2n) is 4.99. The molecule has 2 rings (SSSR count). The summed E-state index contributed by atoms with van der Waals surface area (Å²) in [4.78, 5) is 10.6. The molecule has 0 radical (unpaired) electrons. The maximum Gasteiger partial charge on any atom is 0.338 e. The van der Waals surface area contributed by atoms with E-state index in [0.717, 1.165) is 0 Å². The highest BCUT2D eigenvalue weighted by molar-refractivity contribution is 7.92. The lowest BCUT2D eigenvalue weighted by atomic mass is 10.2. The third kappa shape index (κ3) is 4.30. The zero-order chi connectivity index (χ0) is 18.6. The number of esters is 1. The number of hydrogen-bond donors (Lipinski definition) is 1. The summed E-state index contributed by atoms with van der Waals surface area (Å²) < 4.78 is 70.9. The molecule has 2 aromatic rings. The standard InChI is InChI=1S/C16H14F3NO4S/c1-2-9-24-16(21)10-3-5-11(6-4-10)20-25(22,23)13-8-7-12(17)14(18)15(13)19/h3-8,20H,2,9H2,1H3. The maximum absolute atomic E-state index is 13.7. The number of anilines is 1. The van der Waals surface area contributed by atoms with Crippen LogP contribution < -0.4 is 4.72 Å². The summed E-state index contributed by atoms with van der Waals surface area (Å²) in [6.07, 6.45) is 0.656. The Hall–Kier alpha value is -2.55. The molecule has 0 aliphatic rings. The minimum atomic E-state index is -4.48. The summed E-state index contributed by atoms with van der Waals surface area (Å²) in [5, 5.41) is 0. The van der Waals surface area contributed by atoms with Crippen LogP contribution in [0.4, 0.5) is 18.9 Å². The van der Waals surface area contributed by atoms with Gasteiger partial charge in [0.05, 0.1) is 12.2 Å². The van der Waals surface area contributed by atoms with Crippen LogP contribution in [0, 0.1) is 17.5 Å². The number of carbonyl (C=O) groups excluding carboxylic acids is 1. The molecular formula is C16H14F3NO4S. The number of nitrogens with one attached hydrogen (secondary N) is 1. The van der Waals surface area contributed by atoms with E-state index >= 15 is 0 Å². The Labute approximate surface area is 142 Å². The van der Waals surface area contributed by atoms with Gasteiger partial charge < -0.3 is 4.74 Å². The maximum atomic E-state index is 13.7. The Bertz CT molecular complexity index is 883. The quantitative estimate of drug-likeness (QED) is 0.622. The molecule has 0 aliphatic carbocycles. The van der Waals surface area contributed by atoms with Crippen molar-refractivity contribution in [3.63, 3.8) is 0 Å². The van der Waals surface area contributed by atoms with E-state index in [2.05, 4.69) is 0 Å². The van der Waals surface area contributed by atoms with Crippen LogP contribution in [0.5, 0.6) is 0 Å². The molecular weight excluding hydrogens is 359 g/mol. The zero-order valence-electron chi connectivity index (χ0n) is 13.1. The number of sulfonamides is 1. The average molecular weight is 373 g/mol. The summed E-state index contributed by atoms with van der Waals surface area (Å²) in [5.41, 5.74) is 0.214. The lowest BCUT2D eigenvalue weighted by Crippen LogP contribution is -2.16. The molecule has 0 aliphatic heterocycles. The number of ether oxygens (including phenoxy) is 1. The van der Waals surface area contributed by atoms with Crippen LogP contribution in [0.1, 0.15) is 23.7 Å². The molecule has 0 amide bonds. The lowest BCUT2D eigenvalue weighted by Gasteiger charge is -2.10. The first-order valence-electron chi connectivity index (χ1n) is 7.19. The fraction of sp³-hybridized carbons (Fsp3) is 0.188. The van der Waals surface area contributed by atoms with Gasteiger partial charge in [-0.1, -0.05) is 6.92 Å². The summed E-state index contributed by atoms with van der Waals surface area (Å²) in [7, 11) is -4.48. The van der Waals surface area contributed by atoms with E-state index in [1.165, 1.54) is 24.3 Å². The highest BCUT2D eigenvalue weighted by Gasteiger charge is 2.24. The molecule has 134 valence electrons. The van der Waals surface area contributed by atoms with Gasteiger partial charge in [0.15, 0.2) is 17.5 Å². The van der Waals surface area contributed by atoms with Gasteiger partial charge in [-0.2, -0.15) is 0 Å². The van der Waals surface area contributed by atoms with Gasteiger partial charge in [0.1, 0.15) is 4.90 Å². The number of benzene rings is 2. The molecule has 25 heavy (non-hydrogen) atoms. The van der Waals surface area contributed by atoms with Gasteiger partial charge >= 0.3 is 5.97 Å². The minimum absolute atomic E-state index is 0.0103. The fourth-order valence-corrected chi connectivity index (χ4v) is 3.01. The number of halogens is 3. The van der Waals surface area contributed by atoms with Crippen molar-refractivity contribution < 1.29 is 31.1 Å². The van der Waals surface area contributed by atoms with Crippen molar-refractivity contribution in [2.24, 2.45) is 0 Å². The number of hydrogen-bond acceptors (Lipinski definition) is 4. The molecule has 1 N–H and O–H groups in total. The van der Waals surface area contributed by atoms with E-state index in [1.807, 2.05) is 11.6 Å². The molecule has 0 saturated heterocycles. The minimum Gasteiger partial charge on any atom is -0.462 e. The highest BCUT2D eigenvalue weighted by Crippen LogP contribution is 2.22. The first-order chi connectivity index (χ1) is 11.8. The number of rotatable bonds is 6. The predicted octanol–water partition coefficient (Wildman–Crippen LogP) is 3.47. The van der Waals surface area contributed by atoms with Crippen LogP contribution in [0.3, 0.4) is 0 Å². The van der Waals surface area contributed by atoms with Crippen molar-refractivity contribution in [2.75, 3.05) is 11.3 Å². The van der Waals surface area contributed by atoms with Crippen LogP contribution in [-0.4, -0.2) is 21.0 Å². The topological polar surface area (TPSA) is 72.5 Å². The second kappa shape index (κ2) is 7.56. The second-order valence-corrected chi connectivity index (χ2v) is 6.64. The van der Waals surface area contributed by atoms with Gasteiger partial charge in [-0.3, -0.25) is 4.72 Å². The van der Waals surface area contributed by atoms with Crippen molar-refractivity contribution in [1.82, 2.24) is 0 Å². The Kier molecular flexibility index (Phi) is 5.68. The van der Waals surface area contributed by atoms with Crippen LogP contribution in [0.25, 0.3) is 0 Å². The Morgan fingerprint density at radius 2 is 1.68 bits per heavy atom. The van der Waals surface area contributed by atoms with E-state index in [0.29, 0.717) is 18.6 Å². The van der Waals surface area contributed by atoms with E-state index in [-0.39, 0.29) is 17.9 Å². The molecule has 0 aromatic heterocycles. The van der Waals surface area contributed by atoms with Crippen LogP contribution in [0.15, 0.2) is 41.3 Å². The van der Waals surface area contributed by atoms with Gasteiger partial charge in [-0.25, -0.2) is 26.4 Å². The van der Waals surface area contributed by atoms with E-state index in [1.54, 1.807) is 0 Å². The molecule has 2 aromatic carbocycles. The van der Waals surface area contributed by atoms with Crippen LogP contribution >= 0.6 is 0 Å². The van der Waals surface area contributed by atoms with Gasteiger partial charge in [0.25, 0.3) is 10.0 Å². The van der Waals surface area contributed by atoms with Gasteiger partial charge in [-0.05, 0) is 42.8 Å². The van der Waals surface area contributed by atoms with Crippen LogP contribution in [0.2, 0.25) is 0 Å². The Balaban J connectivity index is 2.21. The Morgan fingerprint density at radius 3 is 2.28 bits per heavy atom. The van der Waals surface area contributed by atoms with Crippen molar-refractivity contribution in [3.8, 4) is 0 Å². The molecule has 5 nitrogen and oxygen atoms in total. The largest absolute Gasteiger partial charge is 0.462 e. The average Bonchev–Trinajstić information content (AvgIpc) is 2.57. The third-order valence-corrected chi connectivity index (χ3v) is 4.50. The van der Waals surface area contributed by atoms with Crippen molar-refractivity contribution >= 4 is 21.7 Å². The first kappa shape index (κ1) is 18.8. The summed E-state index contributed by atoms with van der Waals surface area (Å²) in [6, 6.07) is 6.29. The van der Waals surface area contributed by atoms with Crippen molar-refractivity contribution in [2.45, 2.75) is 18.2 Å². The number of carbonyl (C=O) groups is 1. The molecule has 0 spiro atoms. The van der Waals surface area contributed by atoms with Gasteiger partial charge in [0.2, 0.25) is 0 Å². The molecule has 0 heterocycles. The van der Waals surface area contributed by atoms with Crippen molar-refractivity contribution in [3.05, 3.63) is 59.4 Å². The molecule has 0 fully saturated rings. The zero-order valence-corrected chi connectivity index (χ0v) is 13.9. The van der Waals surface area contributed by atoms with Gasteiger partial charge in [-0.15, -0.1) is 0 Å². The lowest BCUT2D eigenvalue weighted by molar-refractivity contribution is 0.0505. The normalized spacial score (nSPS) is 11.2. The van der Waals surface area contributed by atoms with Gasteiger partial charge in [0, 0.05) is 5.69 Å².